The lowest BCUT2D eigenvalue weighted by molar-refractivity contribution is 0.434. The Balaban J connectivity index is 2.42. The van der Waals surface area contributed by atoms with Crippen LogP contribution in [0.1, 0.15) is 70.9 Å². The highest BCUT2D eigenvalue weighted by atomic mass is 14.9. The normalized spacial score (nSPS) is 12.8. The van der Waals surface area contributed by atoms with Crippen molar-refractivity contribution in [2.45, 2.75) is 78.8 Å². The molecular formula is C19H33N. The second-order valence-electron chi connectivity index (χ2n) is 6.42. The number of nitrogens with one attached hydrogen (secondary N) is 1. The third-order valence-corrected chi connectivity index (χ3v) is 3.81. The summed E-state index contributed by atoms with van der Waals surface area (Å²) in [5, 5.41) is 3.73. The fourth-order valence-corrected chi connectivity index (χ4v) is 2.67. The number of rotatable bonds is 10. The molecular weight excluding hydrogens is 242 g/mol. The number of hydrogen-bond acceptors (Lipinski definition) is 1. The maximum atomic E-state index is 3.73. The van der Waals surface area contributed by atoms with Crippen molar-refractivity contribution in [2.24, 2.45) is 5.92 Å². The van der Waals surface area contributed by atoms with Crippen LogP contribution in [0, 0.1) is 5.92 Å². The van der Waals surface area contributed by atoms with Crippen molar-refractivity contribution < 1.29 is 0 Å². The molecule has 0 saturated carbocycles. The molecule has 20 heavy (non-hydrogen) atoms. The van der Waals surface area contributed by atoms with Crippen molar-refractivity contribution in [3.05, 3.63) is 35.4 Å². The molecule has 0 fully saturated rings. The van der Waals surface area contributed by atoms with E-state index in [4.69, 9.17) is 0 Å². The van der Waals surface area contributed by atoms with Crippen molar-refractivity contribution in [1.82, 2.24) is 5.32 Å². The van der Waals surface area contributed by atoms with Crippen LogP contribution in [0.5, 0.6) is 0 Å². The summed E-state index contributed by atoms with van der Waals surface area (Å²) in [6, 6.07) is 9.84. The van der Waals surface area contributed by atoms with Gasteiger partial charge in [-0.05, 0) is 36.3 Å². The smallest absolute Gasteiger partial charge is 0.0208 e. The van der Waals surface area contributed by atoms with Gasteiger partial charge in [-0.15, -0.1) is 0 Å². The van der Waals surface area contributed by atoms with Crippen LogP contribution in [0.2, 0.25) is 0 Å². The van der Waals surface area contributed by atoms with E-state index in [9.17, 15) is 0 Å². The molecule has 1 unspecified atom stereocenters. The Morgan fingerprint density at radius 3 is 2.10 bits per heavy atom. The zero-order valence-electron chi connectivity index (χ0n) is 13.9. The third kappa shape index (κ3) is 7.09. The second kappa shape index (κ2) is 9.99. The molecule has 0 heterocycles. The molecule has 1 heteroatoms. The van der Waals surface area contributed by atoms with Crippen LogP contribution in [0.4, 0.5) is 0 Å². The van der Waals surface area contributed by atoms with Gasteiger partial charge in [0, 0.05) is 12.6 Å². The van der Waals surface area contributed by atoms with Gasteiger partial charge in [0.15, 0.2) is 0 Å². The van der Waals surface area contributed by atoms with Crippen LogP contribution in [0.3, 0.4) is 0 Å². The first-order chi connectivity index (χ1) is 9.65. The van der Waals surface area contributed by atoms with Crippen LogP contribution in [-0.4, -0.2) is 6.04 Å². The molecule has 1 atom stereocenters. The molecule has 1 N–H and O–H groups in total. The Morgan fingerprint density at radius 2 is 1.55 bits per heavy atom. The van der Waals surface area contributed by atoms with Crippen molar-refractivity contribution in [2.75, 3.05) is 0 Å². The van der Waals surface area contributed by atoms with Gasteiger partial charge in [0.2, 0.25) is 0 Å². The van der Waals surface area contributed by atoms with E-state index in [1.165, 1.54) is 49.7 Å². The van der Waals surface area contributed by atoms with E-state index >= 15 is 0 Å². The lowest BCUT2D eigenvalue weighted by Crippen LogP contribution is -2.28. The molecule has 1 aromatic carbocycles. The van der Waals surface area contributed by atoms with Gasteiger partial charge in [0.1, 0.15) is 0 Å². The molecule has 0 aliphatic carbocycles. The van der Waals surface area contributed by atoms with E-state index in [-0.39, 0.29) is 0 Å². The first-order valence-corrected chi connectivity index (χ1v) is 8.46. The molecule has 1 nitrogen and oxygen atoms in total. The largest absolute Gasteiger partial charge is 0.310 e. The van der Waals surface area contributed by atoms with E-state index in [2.05, 4.69) is 57.3 Å². The van der Waals surface area contributed by atoms with Crippen molar-refractivity contribution in [3.8, 4) is 0 Å². The van der Waals surface area contributed by atoms with Crippen LogP contribution >= 0.6 is 0 Å². The Hall–Kier alpha value is -0.820. The topological polar surface area (TPSA) is 12.0 Å². The molecule has 1 aromatic rings. The van der Waals surface area contributed by atoms with Crippen molar-refractivity contribution >= 4 is 0 Å². The van der Waals surface area contributed by atoms with Gasteiger partial charge >= 0.3 is 0 Å². The van der Waals surface area contributed by atoms with Crippen LogP contribution in [-0.2, 0) is 13.0 Å². The number of benzene rings is 1. The fraction of sp³-hybridized carbons (Fsp3) is 0.684. The van der Waals surface area contributed by atoms with Crippen LogP contribution < -0.4 is 5.32 Å². The SMILES string of the molecule is CCCCC(CCC)NCc1ccc(CC(C)C)cc1. The highest BCUT2D eigenvalue weighted by Gasteiger charge is 2.06. The lowest BCUT2D eigenvalue weighted by Gasteiger charge is -2.18. The Labute approximate surface area is 126 Å². The Morgan fingerprint density at radius 1 is 0.900 bits per heavy atom. The molecule has 0 bridgehead atoms. The van der Waals surface area contributed by atoms with Gasteiger partial charge in [-0.3, -0.25) is 0 Å². The minimum Gasteiger partial charge on any atom is -0.310 e. The molecule has 0 aliphatic heterocycles. The highest BCUT2D eigenvalue weighted by molar-refractivity contribution is 5.22. The Bertz CT molecular complexity index is 339. The van der Waals surface area contributed by atoms with Gasteiger partial charge in [-0.25, -0.2) is 0 Å². The predicted molar refractivity (Wildman–Crippen MR) is 90.0 cm³/mol. The molecule has 0 amide bonds. The van der Waals surface area contributed by atoms with Gasteiger partial charge in [0.05, 0.1) is 0 Å². The summed E-state index contributed by atoms with van der Waals surface area (Å²) in [5.74, 6) is 0.738. The quantitative estimate of drug-likeness (QED) is 0.608. The molecule has 0 aromatic heterocycles. The summed E-state index contributed by atoms with van der Waals surface area (Å²) in [6.07, 6.45) is 7.70. The van der Waals surface area contributed by atoms with Gasteiger partial charge in [0.25, 0.3) is 0 Å². The first kappa shape index (κ1) is 17.2. The summed E-state index contributed by atoms with van der Waals surface area (Å²) >= 11 is 0. The second-order valence-corrected chi connectivity index (χ2v) is 6.42. The molecule has 0 saturated heterocycles. The summed E-state index contributed by atoms with van der Waals surface area (Å²) < 4.78 is 0. The summed E-state index contributed by atoms with van der Waals surface area (Å²) in [4.78, 5) is 0. The molecule has 0 spiro atoms. The summed E-state index contributed by atoms with van der Waals surface area (Å²) in [6.45, 7) is 10.1. The van der Waals surface area contributed by atoms with E-state index in [0.29, 0.717) is 6.04 Å². The fourth-order valence-electron chi connectivity index (χ4n) is 2.67. The van der Waals surface area contributed by atoms with Crippen molar-refractivity contribution in [1.29, 1.82) is 0 Å². The standard InChI is InChI=1S/C19H33N/c1-5-7-9-19(8-6-2)20-15-18-12-10-17(11-13-18)14-16(3)4/h10-13,16,19-20H,5-9,14-15H2,1-4H3. The molecule has 114 valence electrons. The average Bonchev–Trinajstić information content (AvgIpc) is 2.43. The van der Waals surface area contributed by atoms with Crippen LogP contribution in [0.25, 0.3) is 0 Å². The highest BCUT2D eigenvalue weighted by Crippen LogP contribution is 2.11. The van der Waals surface area contributed by atoms with E-state index < -0.39 is 0 Å². The first-order valence-electron chi connectivity index (χ1n) is 8.46. The zero-order valence-corrected chi connectivity index (χ0v) is 13.9. The van der Waals surface area contributed by atoms with Crippen LogP contribution in [0.15, 0.2) is 24.3 Å². The maximum absolute atomic E-state index is 3.73. The lowest BCUT2D eigenvalue weighted by atomic mass is 10.0. The minimum atomic E-state index is 0.690. The van der Waals surface area contributed by atoms with Gasteiger partial charge < -0.3 is 5.32 Å². The maximum Gasteiger partial charge on any atom is 0.0208 e. The molecule has 0 aliphatic rings. The molecule has 0 radical (unpaired) electrons. The monoisotopic (exact) mass is 275 g/mol. The van der Waals surface area contributed by atoms with Gasteiger partial charge in [-0.1, -0.05) is 71.2 Å². The number of unbranched alkanes of at least 4 members (excludes halogenated alkanes) is 1. The van der Waals surface area contributed by atoms with E-state index in [1.54, 1.807) is 0 Å². The zero-order chi connectivity index (χ0) is 14.8. The number of hydrogen-bond donors (Lipinski definition) is 1. The van der Waals surface area contributed by atoms with Crippen molar-refractivity contribution in [3.63, 3.8) is 0 Å². The predicted octanol–water partition coefficient (Wildman–Crippen LogP) is 5.33. The summed E-state index contributed by atoms with van der Waals surface area (Å²) in [7, 11) is 0. The third-order valence-electron chi connectivity index (χ3n) is 3.81. The Kier molecular flexibility index (Phi) is 8.60. The molecule has 1 rings (SSSR count). The summed E-state index contributed by atoms with van der Waals surface area (Å²) in [5.41, 5.74) is 2.87. The van der Waals surface area contributed by atoms with Gasteiger partial charge in [-0.2, -0.15) is 0 Å². The van der Waals surface area contributed by atoms with E-state index in [1.807, 2.05) is 0 Å². The average molecular weight is 275 g/mol. The van der Waals surface area contributed by atoms with E-state index in [0.717, 1.165) is 12.5 Å². The minimum absolute atomic E-state index is 0.690.